The molecule has 2 heterocycles. The van der Waals surface area contributed by atoms with Gasteiger partial charge in [-0.1, -0.05) is 13.3 Å². The summed E-state index contributed by atoms with van der Waals surface area (Å²) in [5, 5.41) is 7.98. The van der Waals surface area contributed by atoms with Crippen LogP contribution < -0.4 is 5.32 Å². The van der Waals surface area contributed by atoms with Gasteiger partial charge in [0, 0.05) is 18.4 Å². The lowest BCUT2D eigenvalue weighted by molar-refractivity contribution is 0.555. The topological polar surface area (TPSA) is 42.2 Å². The Morgan fingerprint density at radius 3 is 3.06 bits per heavy atom. The Bertz CT molecular complexity index is 531. The fraction of sp³-hybridized carbons (Fsp3) is 0.538. The van der Waals surface area contributed by atoms with Gasteiger partial charge in [0.15, 0.2) is 5.82 Å². The minimum Gasteiger partial charge on any atom is -0.365 e. The highest BCUT2D eigenvalue weighted by molar-refractivity contribution is 5.68. The molecular weight excluding hydrogens is 212 g/mol. The molecule has 1 fully saturated rings. The lowest BCUT2D eigenvalue weighted by Gasteiger charge is -2.18. The van der Waals surface area contributed by atoms with Gasteiger partial charge in [0.2, 0.25) is 0 Å². The van der Waals surface area contributed by atoms with E-state index in [1.807, 2.05) is 17.6 Å². The maximum atomic E-state index is 4.45. The number of fused-ring (bicyclic) bond motifs is 1. The van der Waals surface area contributed by atoms with Crippen LogP contribution in [0.1, 0.15) is 31.9 Å². The molecule has 1 aliphatic carbocycles. The monoisotopic (exact) mass is 230 g/mol. The summed E-state index contributed by atoms with van der Waals surface area (Å²) in [6, 6.07) is 2.64. The molecule has 17 heavy (non-hydrogen) atoms. The van der Waals surface area contributed by atoms with Crippen molar-refractivity contribution >= 4 is 11.3 Å². The van der Waals surface area contributed by atoms with Gasteiger partial charge >= 0.3 is 0 Å². The predicted molar refractivity (Wildman–Crippen MR) is 68.1 cm³/mol. The van der Waals surface area contributed by atoms with Crippen LogP contribution >= 0.6 is 0 Å². The first-order valence-electron chi connectivity index (χ1n) is 6.31. The van der Waals surface area contributed by atoms with Crippen molar-refractivity contribution in [3.8, 4) is 0 Å². The minimum atomic E-state index is 0.559. The molecule has 2 aromatic heterocycles. The number of anilines is 1. The fourth-order valence-corrected chi connectivity index (χ4v) is 2.69. The molecule has 4 nitrogen and oxygen atoms in total. The molecule has 0 aromatic carbocycles. The summed E-state index contributed by atoms with van der Waals surface area (Å²) in [7, 11) is 0. The van der Waals surface area contributed by atoms with E-state index in [2.05, 4.69) is 28.4 Å². The molecule has 2 atom stereocenters. The molecule has 0 bridgehead atoms. The smallest absolute Gasteiger partial charge is 0.152 e. The number of nitrogens with zero attached hydrogens (tertiary/aromatic N) is 3. The van der Waals surface area contributed by atoms with E-state index in [9.17, 15) is 0 Å². The Balaban J connectivity index is 1.94. The first-order valence-corrected chi connectivity index (χ1v) is 6.31. The Labute approximate surface area is 101 Å². The van der Waals surface area contributed by atoms with E-state index in [0.29, 0.717) is 6.04 Å². The number of aromatic nitrogens is 3. The van der Waals surface area contributed by atoms with Crippen molar-refractivity contribution in [2.45, 2.75) is 39.2 Å². The van der Waals surface area contributed by atoms with Gasteiger partial charge in [0.05, 0.1) is 5.69 Å². The molecular formula is C13H18N4. The number of aryl methyl sites for hydroxylation is 1. The maximum absolute atomic E-state index is 4.45. The fourth-order valence-electron chi connectivity index (χ4n) is 2.69. The van der Waals surface area contributed by atoms with Gasteiger partial charge in [-0.25, -0.2) is 9.50 Å². The quantitative estimate of drug-likeness (QED) is 0.862. The zero-order chi connectivity index (χ0) is 11.8. The van der Waals surface area contributed by atoms with Gasteiger partial charge in [-0.05, 0) is 31.7 Å². The average molecular weight is 230 g/mol. The number of nitrogens with one attached hydrogen (secondary N) is 1. The van der Waals surface area contributed by atoms with Crippen molar-refractivity contribution in [2.24, 2.45) is 5.92 Å². The zero-order valence-corrected chi connectivity index (χ0v) is 10.3. The second-order valence-corrected chi connectivity index (χ2v) is 5.05. The molecule has 0 aliphatic heterocycles. The third-order valence-corrected chi connectivity index (χ3v) is 3.70. The average Bonchev–Trinajstić information content (AvgIpc) is 2.85. The molecule has 3 rings (SSSR count). The van der Waals surface area contributed by atoms with E-state index < -0.39 is 0 Å². The second-order valence-electron chi connectivity index (χ2n) is 5.05. The van der Waals surface area contributed by atoms with E-state index in [1.165, 1.54) is 19.3 Å². The zero-order valence-electron chi connectivity index (χ0n) is 10.3. The highest BCUT2D eigenvalue weighted by Crippen LogP contribution is 2.28. The normalized spacial score (nSPS) is 24.4. The molecule has 0 saturated heterocycles. The highest BCUT2D eigenvalue weighted by Gasteiger charge is 2.24. The maximum Gasteiger partial charge on any atom is 0.152 e. The van der Waals surface area contributed by atoms with Gasteiger partial charge < -0.3 is 5.32 Å². The van der Waals surface area contributed by atoms with Gasteiger partial charge in [0.25, 0.3) is 0 Å². The summed E-state index contributed by atoms with van der Waals surface area (Å²) in [5.41, 5.74) is 2.10. The minimum absolute atomic E-state index is 0.559. The van der Waals surface area contributed by atoms with Crippen molar-refractivity contribution < 1.29 is 0 Å². The van der Waals surface area contributed by atoms with E-state index in [-0.39, 0.29) is 0 Å². The summed E-state index contributed by atoms with van der Waals surface area (Å²) < 4.78 is 1.89. The van der Waals surface area contributed by atoms with Gasteiger partial charge in [-0.3, -0.25) is 0 Å². The predicted octanol–water partition coefficient (Wildman–Crippen LogP) is 2.64. The number of rotatable bonds is 2. The Hall–Kier alpha value is -1.58. The van der Waals surface area contributed by atoms with Crippen LogP contribution in [0.2, 0.25) is 0 Å². The van der Waals surface area contributed by atoms with Crippen LogP contribution in [0.25, 0.3) is 5.52 Å². The molecule has 1 saturated carbocycles. The largest absolute Gasteiger partial charge is 0.365 e. The van der Waals surface area contributed by atoms with Crippen LogP contribution in [-0.4, -0.2) is 20.6 Å². The van der Waals surface area contributed by atoms with Crippen molar-refractivity contribution in [1.29, 1.82) is 0 Å². The Kier molecular flexibility index (Phi) is 2.50. The number of hydrogen-bond donors (Lipinski definition) is 1. The molecule has 4 heteroatoms. The molecule has 2 aromatic rings. The second kappa shape index (κ2) is 4.02. The first kappa shape index (κ1) is 10.6. The third-order valence-electron chi connectivity index (χ3n) is 3.70. The summed E-state index contributed by atoms with van der Waals surface area (Å²) in [6.45, 7) is 4.32. The van der Waals surface area contributed by atoms with E-state index in [4.69, 9.17) is 0 Å². The van der Waals surface area contributed by atoms with Crippen molar-refractivity contribution in [3.05, 3.63) is 24.2 Å². The lowest BCUT2D eigenvalue weighted by Crippen LogP contribution is -2.22. The summed E-state index contributed by atoms with van der Waals surface area (Å²) >= 11 is 0. The van der Waals surface area contributed by atoms with Gasteiger partial charge in [-0.15, -0.1) is 0 Å². The molecule has 0 amide bonds. The molecule has 0 spiro atoms. The van der Waals surface area contributed by atoms with Crippen molar-refractivity contribution in [3.63, 3.8) is 0 Å². The lowest BCUT2D eigenvalue weighted by atomic mass is 10.1. The van der Waals surface area contributed by atoms with Crippen LogP contribution in [0.15, 0.2) is 18.5 Å². The van der Waals surface area contributed by atoms with Crippen LogP contribution in [-0.2, 0) is 0 Å². The summed E-state index contributed by atoms with van der Waals surface area (Å²) in [4.78, 5) is 4.45. The van der Waals surface area contributed by atoms with Gasteiger partial charge in [-0.2, -0.15) is 5.10 Å². The Morgan fingerprint density at radius 1 is 1.41 bits per heavy atom. The van der Waals surface area contributed by atoms with Crippen LogP contribution in [0.3, 0.4) is 0 Å². The first-order chi connectivity index (χ1) is 8.24. The van der Waals surface area contributed by atoms with Crippen LogP contribution in [0, 0.1) is 12.8 Å². The van der Waals surface area contributed by atoms with Crippen LogP contribution in [0.4, 0.5) is 5.82 Å². The van der Waals surface area contributed by atoms with Crippen molar-refractivity contribution in [2.75, 3.05) is 5.32 Å². The van der Waals surface area contributed by atoms with Gasteiger partial charge in [0.1, 0.15) is 5.52 Å². The SMILES string of the molecule is Cc1cc2c(NC3CCCC3C)nccn2n1. The molecule has 90 valence electrons. The summed E-state index contributed by atoms with van der Waals surface area (Å²) in [6.07, 6.45) is 7.59. The van der Waals surface area contributed by atoms with Crippen molar-refractivity contribution in [1.82, 2.24) is 14.6 Å². The molecule has 1 N–H and O–H groups in total. The van der Waals surface area contributed by atoms with E-state index >= 15 is 0 Å². The molecule has 0 radical (unpaired) electrons. The number of hydrogen-bond acceptors (Lipinski definition) is 3. The standard InChI is InChI=1S/C13H18N4/c1-9-4-3-5-11(9)15-13-12-8-10(2)16-17(12)7-6-14-13/h6-9,11H,3-5H2,1-2H3,(H,14,15). The van der Waals surface area contributed by atoms with Crippen LogP contribution in [0.5, 0.6) is 0 Å². The molecule has 2 unspecified atom stereocenters. The third kappa shape index (κ3) is 1.88. The van der Waals surface area contributed by atoms with E-state index in [0.717, 1.165) is 22.9 Å². The highest BCUT2D eigenvalue weighted by atomic mass is 15.2. The van der Waals surface area contributed by atoms with E-state index in [1.54, 1.807) is 6.20 Å². The summed E-state index contributed by atoms with van der Waals surface area (Å²) in [5.74, 6) is 1.70. The molecule has 1 aliphatic rings. The Morgan fingerprint density at radius 2 is 2.29 bits per heavy atom.